The summed E-state index contributed by atoms with van der Waals surface area (Å²) < 4.78 is 18.1. The van der Waals surface area contributed by atoms with E-state index in [4.69, 9.17) is 9.84 Å². The number of carbonyl (C=O) groups is 1. The number of rotatable bonds is 4. The van der Waals surface area contributed by atoms with Gasteiger partial charge in [-0.2, -0.15) is 0 Å². The quantitative estimate of drug-likeness (QED) is 0.876. The second kappa shape index (κ2) is 5.82. The van der Waals surface area contributed by atoms with Crippen LogP contribution in [0.3, 0.4) is 0 Å². The molecule has 0 unspecified atom stereocenters. The molecule has 1 fully saturated rings. The number of hydrogen-bond acceptors (Lipinski definition) is 3. The minimum atomic E-state index is -0.394. The molecule has 1 aliphatic heterocycles. The lowest BCUT2D eigenvalue weighted by Gasteiger charge is -2.22. The number of ether oxygens (including phenoxy) is 1. The van der Waals surface area contributed by atoms with Crippen LogP contribution in [-0.2, 0) is 4.79 Å². The lowest BCUT2D eigenvalue weighted by atomic mass is 10.2. The van der Waals surface area contributed by atoms with Crippen molar-refractivity contribution in [3.8, 4) is 5.75 Å². The highest BCUT2D eigenvalue weighted by Gasteiger charge is 2.28. The number of carbonyl (C=O) groups excluding carboxylic acids is 1. The molecular weight excluding hydrogens is 237 g/mol. The number of halogens is 1. The molecule has 0 aromatic heterocycles. The van der Waals surface area contributed by atoms with Crippen LogP contribution in [0.5, 0.6) is 5.75 Å². The van der Waals surface area contributed by atoms with E-state index in [2.05, 4.69) is 0 Å². The minimum absolute atomic E-state index is 0.0221. The lowest BCUT2D eigenvalue weighted by molar-refractivity contribution is -0.134. The van der Waals surface area contributed by atoms with Crippen LogP contribution in [0.4, 0.5) is 4.39 Å². The van der Waals surface area contributed by atoms with Crippen molar-refractivity contribution in [2.24, 2.45) is 0 Å². The summed E-state index contributed by atoms with van der Waals surface area (Å²) in [6, 6.07) is 5.58. The fourth-order valence-electron chi connectivity index (χ4n) is 2.14. The van der Waals surface area contributed by atoms with Gasteiger partial charge in [-0.1, -0.05) is 6.07 Å². The largest absolute Gasteiger partial charge is 0.484 e. The average molecular weight is 253 g/mol. The van der Waals surface area contributed by atoms with E-state index in [0.29, 0.717) is 12.3 Å². The normalized spacial score (nSPS) is 19.0. The van der Waals surface area contributed by atoms with Crippen LogP contribution >= 0.6 is 0 Å². The molecule has 0 saturated carbocycles. The van der Waals surface area contributed by atoms with Crippen LogP contribution in [0.15, 0.2) is 24.3 Å². The first-order valence-electron chi connectivity index (χ1n) is 5.99. The van der Waals surface area contributed by atoms with E-state index in [-0.39, 0.29) is 25.2 Å². The van der Waals surface area contributed by atoms with Crippen LogP contribution in [0.2, 0.25) is 0 Å². The summed E-state index contributed by atoms with van der Waals surface area (Å²) in [6.45, 7) is 0.502. The van der Waals surface area contributed by atoms with Gasteiger partial charge in [-0.3, -0.25) is 4.79 Å². The Morgan fingerprint density at radius 3 is 3.11 bits per heavy atom. The number of likely N-dealkylation sites (tertiary alicyclic amines) is 1. The highest BCUT2D eigenvalue weighted by Crippen LogP contribution is 2.17. The molecule has 98 valence electrons. The zero-order valence-electron chi connectivity index (χ0n) is 10.0. The van der Waals surface area contributed by atoms with Crippen LogP contribution in [-0.4, -0.2) is 41.7 Å². The van der Waals surface area contributed by atoms with Crippen molar-refractivity contribution < 1.29 is 19.0 Å². The van der Waals surface area contributed by atoms with Gasteiger partial charge in [-0.25, -0.2) is 4.39 Å². The Balaban J connectivity index is 1.88. The molecule has 0 radical (unpaired) electrons. The number of nitrogens with zero attached hydrogens (tertiary/aromatic N) is 1. The third-order valence-electron chi connectivity index (χ3n) is 3.07. The van der Waals surface area contributed by atoms with Crippen molar-refractivity contribution in [1.82, 2.24) is 4.90 Å². The van der Waals surface area contributed by atoms with E-state index in [9.17, 15) is 9.18 Å². The Labute approximate surface area is 105 Å². The maximum absolute atomic E-state index is 12.9. The zero-order valence-corrected chi connectivity index (χ0v) is 10.0. The number of aliphatic hydroxyl groups is 1. The standard InChI is InChI=1S/C13H16FNO3/c14-10-3-1-5-12(7-10)18-9-13(17)15-6-2-4-11(15)8-16/h1,3,5,7,11,16H,2,4,6,8-9H2/t11-/m1/s1. The van der Waals surface area contributed by atoms with Crippen molar-refractivity contribution in [3.63, 3.8) is 0 Å². The number of aliphatic hydroxyl groups excluding tert-OH is 1. The van der Waals surface area contributed by atoms with E-state index in [1.165, 1.54) is 18.2 Å². The van der Waals surface area contributed by atoms with Gasteiger partial charge in [0.1, 0.15) is 11.6 Å². The van der Waals surface area contributed by atoms with Crippen molar-refractivity contribution in [1.29, 1.82) is 0 Å². The summed E-state index contributed by atoms with van der Waals surface area (Å²) in [7, 11) is 0. The van der Waals surface area contributed by atoms with Crippen molar-refractivity contribution in [3.05, 3.63) is 30.1 Å². The van der Waals surface area contributed by atoms with Crippen molar-refractivity contribution in [2.45, 2.75) is 18.9 Å². The predicted molar refractivity (Wildman–Crippen MR) is 63.7 cm³/mol. The molecule has 1 aromatic carbocycles. The first-order chi connectivity index (χ1) is 8.70. The molecule has 1 aromatic rings. The van der Waals surface area contributed by atoms with Gasteiger partial charge in [0.15, 0.2) is 6.61 Å². The number of benzene rings is 1. The van der Waals surface area contributed by atoms with E-state index in [1.807, 2.05) is 0 Å². The Morgan fingerprint density at radius 1 is 1.56 bits per heavy atom. The van der Waals surface area contributed by atoms with Gasteiger partial charge in [0.05, 0.1) is 12.6 Å². The molecule has 1 N–H and O–H groups in total. The van der Waals surface area contributed by atoms with Gasteiger partial charge in [0.25, 0.3) is 5.91 Å². The summed E-state index contributed by atoms with van der Waals surface area (Å²) >= 11 is 0. The van der Waals surface area contributed by atoms with Crippen LogP contribution in [0.25, 0.3) is 0 Å². The monoisotopic (exact) mass is 253 g/mol. The minimum Gasteiger partial charge on any atom is -0.484 e. The molecule has 5 heteroatoms. The molecule has 2 rings (SSSR count). The highest BCUT2D eigenvalue weighted by molar-refractivity contribution is 5.78. The Morgan fingerprint density at radius 2 is 2.39 bits per heavy atom. The molecule has 1 amide bonds. The first kappa shape index (κ1) is 12.8. The third kappa shape index (κ3) is 2.98. The van der Waals surface area contributed by atoms with Gasteiger partial charge < -0.3 is 14.7 Å². The van der Waals surface area contributed by atoms with Crippen LogP contribution in [0, 0.1) is 5.82 Å². The maximum Gasteiger partial charge on any atom is 0.260 e. The Hall–Kier alpha value is -1.62. The summed E-state index contributed by atoms with van der Waals surface area (Å²) in [5.74, 6) is -0.228. The van der Waals surface area contributed by atoms with Crippen LogP contribution in [0.1, 0.15) is 12.8 Å². The van der Waals surface area contributed by atoms with E-state index >= 15 is 0 Å². The van der Waals surface area contributed by atoms with E-state index < -0.39 is 5.82 Å². The third-order valence-corrected chi connectivity index (χ3v) is 3.07. The molecule has 0 bridgehead atoms. The first-order valence-corrected chi connectivity index (χ1v) is 5.99. The highest BCUT2D eigenvalue weighted by atomic mass is 19.1. The summed E-state index contributed by atoms with van der Waals surface area (Å²) in [6.07, 6.45) is 1.72. The number of amides is 1. The predicted octanol–water partition coefficient (Wildman–Crippen LogP) is 1.19. The van der Waals surface area contributed by atoms with Crippen molar-refractivity contribution >= 4 is 5.91 Å². The average Bonchev–Trinajstić information content (AvgIpc) is 2.84. The van der Waals surface area contributed by atoms with Gasteiger partial charge in [0.2, 0.25) is 0 Å². The zero-order chi connectivity index (χ0) is 13.0. The van der Waals surface area contributed by atoms with E-state index in [1.54, 1.807) is 11.0 Å². The van der Waals surface area contributed by atoms with Gasteiger partial charge in [0, 0.05) is 12.6 Å². The second-order valence-corrected chi connectivity index (χ2v) is 4.31. The fourth-order valence-corrected chi connectivity index (χ4v) is 2.14. The second-order valence-electron chi connectivity index (χ2n) is 4.31. The molecule has 1 atom stereocenters. The maximum atomic E-state index is 12.9. The summed E-state index contributed by atoms with van der Waals surface area (Å²) in [4.78, 5) is 13.5. The fraction of sp³-hybridized carbons (Fsp3) is 0.462. The Bertz CT molecular complexity index is 424. The van der Waals surface area contributed by atoms with Crippen molar-refractivity contribution in [2.75, 3.05) is 19.8 Å². The smallest absolute Gasteiger partial charge is 0.260 e. The summed E-state index contributed by atoms with van der Waals surface area (Å²) in [5, 5.41) is 9.12. The SMILES string of the molecule is O=C(COc1cccc(F)c1)N1CCC[C@@H]1CO. The molecule has 18 heavy (non-hydrogen) atoms. The molecule has 1 aliphatic rings. The molecule has 0 aliphatic carbocycles. The topological polar surface area (TPSA) is 49.8 Å². The van der Waals surface area contributed by atoms with Crippen LogP contribution < -0.4 is 4.74 Å². The lowest BCUT2D eigenvalue weighted by Crippen LogP contribution is -2.40. The Kier molecular flexibility index (Phi) is 4.15. The van der Waals surface area contributed by atoms with Gasteiger partial charge in [-0.05, 0) is 25.0 Å². The van der Waals surface area contributed by atoms with Gasteiger partial charge >= 0.3 is 0 Å². The van der Waals surface area contributed by atoms with E-state index in [0.717, 1.165) is 12.8 Å². The molecule has 0 spiro atoms. The molecular formula is C13H16FNO3. The number of hydrogen-bond donors (Lipinski definition) is 1. The molecule has 1 heterocycles. The van der Waals surface area contributed by atoms with Gasteiger partial charge in [-0.15, -0.1) is 0 Å². The molecule has 4 nitrogen and oxygen atoms in total. The summed E-state index contributed by atoms with van der Waals surface area (Å²) in [5.41, 5.74) is 0. The molecule has 1 saturated heterocycles.